The third kappa shape index (κ3) is 2.40. The molecule has 3 unspecified atom stereocenters. The van der Waals surface area contributed by atoms with E-state index in [9.17, 15) is 10.1 Å². The molecule has 3 atom stereocenters. The zero-order valence-electron chi connectivity index (χ0n) is 8.56. The lowest BCUT2D eigenvalue weighted by Crippen LogP contribution is -2.47. The third-order valence-electron chi connectivity index (χ3n) is 2.98. The first-order chi connectivity index (χ1) is 6.02. The molecule has 0 aliphatic heterocycles. The van der Waals surface area contributed by atoms with Crippen molar-refractivity contribution in [1.82, 2.24) is 4.90 Å². The highest BCUT2D eigenvalue weighted by molar-refractivity contribution is 4.83. The molecule has 0 N–H and O–H groups in total. The van der Waals surface area contributed by atoms with Gasteiger partial charge < -0.3 is 4.90 Å². The Morgan fingerprint density at radius 1 is 1.38 bits per heavy atom. The minimum atomic E-state index is -0.362. The van der Waals surface area contributed by atoms with Gasteiger partial charge in [0.15, 0.2) is 0 Å². The van der Waals surface area contributed by atoms with Crippen molar-refractivity contribution >= 4 is 0 Å². The van der Waals surface area contributed by atoms with Crippen molar-refractivity contribution in [2.45, 2.75) is 38.3 Å². The summed E-state index contributed by atoms with van der Waals surface area (Å²) >= 11 is 0. The number of nitro groups is 1. The summed E-state index contributed by atoms with van der Waals surface area (Å²) in [4.78, 5) is 12.7. The highest BCUT2D eigenvalue weighted by Gasteiger charge is 2.37. The Hall–Kier alpha value is -0.640. The van der Waals surface area contributed by atoms with E-state index in [1.165, 1.54) is 0 Å². The minimum absolute atomic E-state index is 0.111. The molecule has 0 saturated heterocycles. The molecule has 0 radical (unpaired) electrons. The highest BCUT2D eigenvalue weighted by atomic mass is 16.6. The van der Waals surface area contributed by atoms with Crippen LogP contribution in [0.4, 0.5) is 0 Å². The Balaban J connectivity index is 2.66. The van der Waals surface area contributed by atoms with E-state index in [-0.39, 0.29) is 17.0 Å². The van der Waals surface area contributed by atoms with Gasteiger partial charge in [0, 0.05) is 11.3 Å². The van der Waals surface area contributed by atoms with Crippen LogP contribution in [-0.4, -0.2) is 36.0 Å². The molecule has 0 aromatic heterocycles. The van der Waals surface area contributed by atoms with Gasteiger partial charge in [0.25, 0.3) is 0 Å². The molecular formula is C9H18N2O2. The van der Waals surface area contributed by atoms with Gasteiger partial charge in [0.2, 0.25) is 6.04 Å². The van der Waals surface area contributed by atoms with Crippen molar-refractivity contribution in [2.75, 3.05) is 14.1 Å². The second-order valence-corrected chi connectivity index (χ2v) is 4.30. The third-order valence-corrected chi connectivity index (χ3v) is 2.98. The average Bonchev–Trinajstić information content (AvgIpc) is 2.03. The summed E-state index contributed by atoms with van der Waals surface area (Å²) in [5, 5.41) is 10.8. The van der Waals surface area contributed by atoms with Crippen molar-refractivity contribution < 1.29 is 4.92 Å². The van der Waals surface area contributed by atoms with Crippen molar-refractivity contribution in [3.05, 3.63) is 10.1 Å². The lowest BCUT2D eigenvalue weighted by molar-refractivity contribution is -0.534. The molecule has 0 aromatic rings. The van der Waals surface area contributed by atoms with Crippen LogP contribution in [0.3, 0.4) is 0 Å². The van der Waals surface area contributed by atoms with Crippen LogP contribution in [0, 0.1) is 16.0 Å². The van der Waals surface area contributed by atoms with Gasteiger partial charge in [-0.25, -0.2) is 0 Å². The minimum Gasteiger partial charge on any atom is -0.300 e. The summed E-state index contributed by atoms with van der Waals surface area (Å²) in [6.45, 7) is 2.10. The molecule has 0 heterocycles. The number of likely N-dealkylation sites (N-methyl/N-ethyl adjacent to an activating group) is 1. The number of nitrogens with zero attached hydrogens (tertiary/aromatic N) is 2. The summed E-state index contributed by atoms with van der Waals surface area (Å²) in [6.07, 6.45) is 2.81. The normalized spacial score (nSPS) is 34.9. The topological polar surface area (TPSA) is 46.4 Å². The first kappa shape index (κ1) is 10.4. The molecule has 1 aliphatic carbocycles. The van der Waals surface area contributed by atoms with E-state index < -0.39 is 0 Å². The van der Waals surface area contributed by atoms with Crippen LogP contribution >= 0.6 is 0 Å². The molecule has 4 heteroatoms. The maximum absolute atomic E-state index is 10.8. The monoisotopic (exact) mass is 186 g/mol. The van der Waals surface area contributed by atoms with Gasteiger partial charge in [-0.3, -0.25) is 10.1 Å². The zero-order valence-corrected chi connectivity index (χ0v) is 8.56. The number of hydrogen-bond donors (Lipinski definition) is 0. The van der Waals surface area contributed by atoms with Gasteiger partial charge in [0.1, 0.15) is 0 Å². The van der Waals surface area contributed by atoms with E-state index in [2.05, 4.69) is 6.92 Å². The molecule has 0 amide bonds. The van der Waals surface area contributed by atoms with Crippen LogP contribution in [0.15, 0.2) is 0 Å². The fourth-order valence-electron chi connectivity index (χ4n) is 2.16. The second kappa shape index (κ2) is 4.05. The zero-order chi connectivity index (χ0) is 10.0. The summed E-state index contributed by atoms with van der Waals surface area (Å²) in [7, 11) is 3.86. The van der Waals surface area contributed by atoms with Gasteiger partial charge in [-0.2, -0.15) is 0 Å². The summed E-state index contributed by atoms with van der Waals surface area (Å²) in [5.41, 5.74) is 0. The van der Waals surface area contributed by atoms with Crippen LogP contribution in [0.5, 0.6) is 0 Å². The van der Waals surface area contributed by atoms with Crippen molar-refractivity contribution in [3.8, 4) is 0 Å². The van der Waals surface area contributed by atoms with Crippen molar-refractivity contribution in [3.63, 3.8) is 0 Å². The molecule has 4 nitrogen and oxygen atoms in total. The molecule has 13 heavy (non-hydrogen) atoms. The highest BCUT2D eigenvalue weighted by Crippen LogP contribution is 2.27. The maximum atomic E-state index is 10.8. The summed E-state index contributed by atoms with van der Waals surface area (Å²) < 4.78 is 0. The maximum Gasteiger partial charge on any atom is 0.228 e. The molecule has 1 fully saturated rings. The van der Waals surface area contributed by atoms with Gasteiger partial charge in [-0.05, 0) is 32.9 Å². The first-order valence-corrected chi connectivity index (χ1v) is 4.82. The SMILES string of the molecule is CC1CCC(N(C)C)C([N+](=O)[O-])C1. The Labute approximate surface area is 79.1 Å². The molecule has 1 aliphatic rings. The van der Waals surface area contributed by atoms with E-state index in [0.29, 0.717) is 5.92 Å². The van der Waals surface area contributed by atoms with Gasteiger partial charge in [-0.1, -0.05) is 6.92 Å². The van der Waals surface area contributed by atoms with Crippen molar-refractivity contribution in [2.24, 2.45) is 5.92 Å². The largest absolute Gasteiger partial charge is 0.300 e. The molecule has 76 valence electrons. The van der Waals surface area contributed by atoms with E-state index in [1.54, 1.807) is 0 Å². The fraction of sp³-hybridized carbons (Fsp3) is 1.00. The van der Waals surface area contributed by atoms with Crippen LogP contribution in [-0.2, 0) is 0 Å². The van der Waals surface area contributed by atoms with Crippen LogP contribution < -0.4 is 0 Å². The Kier molecular flexibility index (Phi) is 3.25. The van der Waals surface area contributed by atoms with E-state index in [1.807, 2.05) is 19.0 Å². The number of hydrogen-bond acceptors (Lipinski definition) is 3. The lowest BCUT2D eigenvalue weighted by Gasteiger charge is -2.33. The summed E-state index contributed by atoms with van der Waals surface area (Å²) in [5.74, 6) is 0.506. The smallest absolute Gasteiger partial charge is 0.228 e. The standard InChI is InChI=1S/C9H18N2O2/c1-7-4-5-8(10(2)3)9(6-7)11(12)13/h7-9H,4-6H2,1-3H3. The predicted octanol–water partition coefficient (Wildman–Crippen LogP) is 1.38. The van der Waals surface area contributed by atoms with E-state index >= 15 is 0 Å². The predicted molar refractivity (Wildman–Crippen MR) is 51.3 cm³/mol. The number of rotatable bonds is 2. The molecule has 0 aromatic carbocycles. The van der Waals surface area contributed by atoms with Crippen LogP contribution in [0.25, 0.3) is 0 Å². The first-order valence-electron chi connectivity index (χ1n) is 4.82. The molecule has 1 saturated carbocycles. The average molecular weight is 186 g/mol. The quantitative estimate of drug-likeness (QED) is 0.483. The molecular weight excluding hydrogens is 168 g/mol. The lowest BCUT2D eigenvalue weighted by atomic mass is 9.83. The van der Waals surface area contributed by atoms with Crippen LogP contribution in [0.2, 0.25) is 0 Å². The fourth-order valence-corrected chi connectivity index (χ4v) is 2.16. The van der Waals surface area contributed by atoms with Crippen LogP contribution in [0.1, 0.15) is 26.2 Å². The molecule has 0 spiro atoms. The van der Waals surface area contributed by atoms with E-state index in [4.69, 9.17) is 0 Å². The summed E-state index contributed by atoms with van der Waals surface area (Å²) in [6, 6.07) is -0.232. The van der Waals surface area contributed by atoms with E-state index in [0.717, 1.165) is 19.3 Å². The van der Waals surface area contributed by atoms with Gasteiger partial charge in [-0.15, -0.1) is 0 Å². The second-order valence-electron chi connectivity index (χ2n) is 4.30. The Morgan fingerprint density at radius 2 is 2.00 bits per heavy atom. The van der Waals surface area contributed by atoms with Gasteiger partial charge in [0.05, 0.1) is 6.04 Å². The van der Waals surface area contributed by atoms with Crippen molar-refractivity contribution in [1.29, 1.82) is 0 Å². The molecule has 0 bridgehead atoms. The Morgan fingerprint density at radius 3 is 2.46 bits per heavy atom. The Bertz CT molecular complexity index is 194. The van der Waals surface area contributed by atoms with Gasteiger partial charge >= 0.3 is 0 Å². The molecule has 1 rings (SSSR count).